The van der Waals surface area contributed by atoms with Gasteiger partial charge in [-0.2, -0.15) is 0 Å². The Balaban J connectivity index is 1.49. The molecule has 1 aromatic heterocycles. The summed E-state index contributed by atoms with van der Waals surface area (Å²) in [7, 11) is 0. The molecule has 0 radical (unpaired) electrons. The Bertz CT molecular complexity index is 950. The van der Waals surface area contributed by atoms with Crippen LogP contribution in [0.3, 0.4) is 0 Å². The van der Waals surface area contributed by atoms with Crippen LogP contribution in [-0.4, -0.2) is 46.1 Å². The molecular formula is C19H22N2O5S2. The highest BCUT2D eigenvalue weighted by molar-refractivity contribution is 8.00. The van der Waals surface area contributed by atoms with Crippen molar-refractivity contribution >= 4 is 40.9 Å². The van der Waals surface area contributed by atoms with Crippen LogP contribution in [0.25, 0.3) is 0 Å². The quantitative estimate of drug-likeness (QED) is 0.587. The van der Waals surface area contributed by atoms with Crippen molar-refractivity contribution in [1.82, 2.24) is 9.88 Å². The van der Waals surface area contributed by atoms with Gasteiger partial charge in [-0.1, -0.05) is 25.2 Å². The Kier molecular flexibility index (Phi) is 3.91. The largest absolute Gasteiger partial charge is 0.465 e. The van der Waals surface area contributed by atoms with Crippen molar-refractivity contribution in [3.8, 4) is 0 Å². The third kappa shape index (κ3) is 2.23. The minimum atomic E-state index is -0.539. The maximum absolute atomic E-state index is 13.1. The maximum Gasteiger partial charge on any atom is 0.326 e. The van der Waals surface area contributed by atoms with Crippen LogP contribution >= 0.6 is 23.1 Å². The molecule has 28 heavy (non-hydrogen) atoms. The van der Waals surface area contributed by atoms with Gasteiger partial charge in [0.2, 0.25) is 11.8 Å². The van der Waals surface area contributed by atoms with Crippen molar-refractivity contribution in [2.75, 3.05) is 13.2 Å². The molecule has 2 amide bonds. The number of aromatic amines is 1. The Morgan fingerprint density at radius 1 is 1.21 bits per heavy atom. The lowest BCUT2D eigenvalue weighted by Crippen LogP contribution is -2.48. The molecule has 2 aliphatic heterocycles. The van der Waals surface area contributed by atoms with Gasteiger partial charge in [0.25, 0.3) is 0 Å². The molecule has 3 fully saturated rings. The van der Waals surface area contributed by atoms with E-state index in [9.17, 15) is 19.2 Å². The molecule has 9 heteroatoms. The summed E-state index contributed by atoms with van der Waals surface area (Å²) in [5.74, 6) is -1.22. The van der Waals surface area contributed by atoms with E-state index in [2.05, 4.69) is 18.8 Å². The number of amides is 2. The van der Waals surface area contributed by atoms with E-state index in [0.29, 0.717) is 0 Å². The summed E-state index contributed by atoms with van der Waals surface area (Å²) in [6, 6.07) is 0. The predicted octanol–water partition coefficient (Wildman–Crippen LogP) is 1.62. The van der Waals surface area contributed by atoms with Crippen molar-refractivity contribution in [3.63, 3.8) is 0 Å². The highest BCUT2D eigenvalue weighted by Gasteiger charge is 2.70. The molecule has 1 aromatic rings. The van der Waals surface area contributed by atoms with Crippen LogP contribution in [0, 0.1) is 29.6 Å². The summed E-state index contributed by atoms with van der Waals surface area (Å²) in [6.45, 7) is 5.95. The van der Waals surface area contributed by atoms with E-state index in [1.165, 1.54) is 11.3 Å². The molecule has 7 nitrogen and oxygen atoms in total. The first-order valence-corrected chi connectivity index (χ1v) is 11.4. The van der Waals surface area contributed by atoms with Crippen LogP contribution in [0.4, 0.5) is 0 Å². The zero-order valence-corrected chi connectivity index (χ0v) is 17.5. The average Bonchev–Trinajstić information content (AvgIpc) is 3.33. The number of hydrogen-bond donors (Lipinski definition) is 1. The number of nitrogens with one attached hydrogen (secondary N) is 1. The second-order valence-electron chi connectivity index (χ2n) is 8.69. The lowest BCUT2D eigenvalue weighted by atomic mass is 9.64. The first kappa shape index (κ1) is 18.4. The SMILES string of the molecule is CCOC(=O)CN1C(=O)[C@@H]2[C@H]3C[C@@H]([C@H]2C1=O)[C@@H]1[C@H]3Sc2[nH]c(=O)sc2C1(C)C. The lowest BCUT2D eigenvalue weighted by molar-refractivity contribution is -0.153. The number of esters is 1. The number of carbonyl (C=O) groups is 3. The molecule has 4 aliphatic rings. The van der Waals surface area contributed by atoms with Crippen LogP contribution < -0.4 is 4.87 Å². The van der Waals surface area contributed by atoms with E-state index in [0.717, 1.165) is 21.2 Å². The number of imide groups is 1. The first-order chi connectivity index (χ1) is 13.3. The molecule has 2 bridgehead atoms. The van der Waals surface area contributed by atoms with E-state index in [-0.39, 0.29) is 70.1 Å². The Labute approximate surface area is 170 Å². The molecule has 2 saturated carbocycles. The minimum Gasteiger partial charge on any atom is -0.465 e. The highest BCUT2D eigenvalue weighted by Crippen LogP contribution is 2.68. The molecule has 1 N–H and O–H groups in total. The third-order valence-corrected chi connectivity index (χ3v) is 9.88. The summed E-state index contributed by atoms with van der Waals surface area (Å²) in [4.78, 5) is 55.1. The molecule has 2 aliphatic carbocycles. The number of hydrogen-bond acceptors (Lipinski definition) is 7. The summed E-state index contributed by atoms with van der Waals surface area (Å²) >= 11 is 2.93. The van der Waals surface area contributed by atoms with Crippen LogP contribution in [0.1, 0.15) is 32.1 Å². The number of ether oxygens (including phenoxy) is 1. The van der Waals surface area contributed by atoms with Crippen LogP contribution in [0.15, 0.2) is 9.82 Å². The zero-order chi connectivity index (χ0) is 20.0. The lowest BCUT2D eigenvalue weighted by Gasteiger charge is -2.47. The number of fused-ring (bicyclic) bond motifs is 9. The van der Waals surface area contributed by atoms with Gasteiger partial charge >= 0.3 is 10.8 Å². The molecule has 150 valence electrons. The number of H-pyrrole nitrogens is 1. The standard InChI is InChI=1S/C19H22N2O5S2/c1-4-26-9(22)6-21-16(23)10-7-5-8(11(10)17(21)24)13-12(7)19(2,3)14-15(27-13)20-18(25)28-14/h7-8,10-13H,4-6H2,1-3H3,(H,20,25)/t7-,8+,10+,11+,12+,13-/m0/s1. The van der Waals surface area contributed by atoms with Gasteiger partial charge in [-0.15, -0.1) is 11.8 Å². The molecular weight excluding hydrogens is 400 g/mol. The fraction of sp³-hybridized carbons (Fsp3) is 0.684. The highest BCUT2D eigenvalue weighted by atomic mass is 32.2. The number of aromatic nitrogens is 1. The fourth-order valence-electron chi connectivity index (χ4n) is 6.21. The van der Waals surface area contributed by atoms with Crippen molar-refractivity contribution in [1.29, 1.82) is 0 Å². The van der Waals surface area contributed by atoms with Crippen LogP contribution in [-0.2, 0) is 24.5 Å². The topological polar surface area (TPSA) is 96.5 Å². The van der Waals surface area contributed by atoms with Gasteiger partial charge in [0.05, 0.1) is 23.5 Å². The van der Waals surface area contributed by atoms with Gasteiger partial charge in [-0.05, 0) is 31.1 Å². The first-order valence-electron chi connectivity index (χ1n) is 9.66. The molecule has 6 atom stereocenters. The van der Waals surface area contributed by atoms with Crippen LogP contribution in [0.2, 0.25) is 0 Å². The van der Waals surface area contributed by atoms with E-state index in [1.807, 2.05) is 0 Å². The van der Waals surface area contributed by atoms with Crippen molar-refractivity contribution in [3.05, 3.63) is 14.5 Å². The van der Waals surface area contributed by atoms with Gasteiger partial charge in [0.1, 0.15) is 6.54 Å². The van der Waals surface area contributed by atoms with Gasteiger partial charge in [-0.3, -0.25) is 24.1 Å². The molecule has 0 aromatic carbocycles. The maximum atomic E-state index is 13.1. The Morgan fingerprint density at radius 3 is 2.57 bits per heavy atom. The number of nitrogens with zero attached hydrogens (tertiary/aromatic N) is 1. The number of carbonyl (C=O) groups excluding carboxylic acids is 3. The number of thioether (sulfide) groups is 1. The molecule has 0 unspecified atom stereocenters. The summed E-state index contributed by atoms with van der Waals surface area (Å²) in [6.07, 6.45) is 0.866. The van der Waals surface area contributed by atoms with Gasteiger partial charge in [-0.25, -0.2) is 0 Å². The van der Waals surface area contributed by atoms with Gasteiger partial charge in [0.15, 0.2) is 0 Å². The van der Waals surface area contributed by atoms with Gasteiger partial charge < -0.3 is 9.72 Å². The van der Waals surface area contributed by atoms with Gasteiger partial charge in [0, 0.05) is 15.5 Å². The molecule has 3 heterocycles. The molecule has 0 spiro atoms. The van der Waals surface area contributed by atoms with E-state index in [4.69, 9.17) is 4.74 Å². The summed E-state index contributed by atoms with van der Waals surface area (Å²) in [5, 5.41) is 1.13. The monoisotopic (exact) mass is 422 g/mol. The second kappa shape index (κ2) is 5.95. The zero-order valence-electron chi connectivity index (χ0n) is 15.9. The third-order valence-electron chi connectivity index (χ3n) is 7.07. The van der Waals surface area contributed by atoms with E-state index in [1.54, 1.807) is 18.7 Å². The smallest absolute Gasteiger partial charge is 0.326 e. The van der Waals surface area contributed by atoms with Crippen molar-refractivity contribution in [2.24, 2.45) is 29.6 Å². The number of likely N-dealkylation sites (tertiary alicyclic amines) is 1. The number of thiazole rings is 1. The number of rotatable bonds is 3. The van der Waals surface area contributed by atoms with Crippen LogP contribution in [0.5, 0.6) is 0 Å². The van der Waals surface area contributed by atoms with Crippen molar-refractivity contribution in [2.45, 2.75) is 42.9 Å². The predicted molar refractivity (Wildman–Crippen MR) is 103 cm³/mol. The normalized spacial score (nSPS) is 37.0. The average molecular weight is 423 g/mol. The Morgan fingerprint density at radius 2 is 1.89 bits per heavy atom. The Hall–Kier alpha value is -1.61. The van der Waals surface area contributed by atoms with E-state index < -0.39 is 5.97 Å². The molecule has 5 rings (SSSR count). The minimum absolute atomic E-state index is 0.0501. The second-order valence-corrected chi connectivity index (χ2v) is 10.9. The molecule has 1 saturated heterocycles. The van der Waals surface area contributed by atoms with E-state index >= 15 is 0 Å². The summed E-state index contributed by atoms with van der Waals surface area (Å²) < 4.78 is 4.94. The summed E-state index contributed by atoms with van der Waals surface area (Å²) in [5.41, 5.74) is -0.225. The fourth-order valence-corrected chi connectivity index (χ4v) is 9.36. The van der Waals surface area contributed by atoms with Crippen molar-refractivity contribution < 1.29 is 19.1 Å².